The van der Waals surface area contributed by atoms with E-state index in [9.17, 15) is 14.0 Å². The summed E-state index contributed by atoms with van der Waals surface area (Å²) in [6.45, 7) is 2.19. The van der Waals surface area contributed by atoms with Gasteiger partial charge in [-0.15, -0.1) is 11.8 Å². The lowest BCUT2D eigenvalue weighted by molar-refractivity contribution is -0.128. The Hall–Kier alpha value is -2.34. The Morgan fingerprint density at radius 2 is 1.86 bits per heavy atom. The van der Waals surface area contributed by atoms with E-state index in [2.05, 4.69) is 5.32 Å². The quantitative estimate of drug-likeness (QED) is 0.785. The molecule has 1 heterocycles. The molecular weight excluding hydrogens is 387 g/mol. The van der Waals surface area contributed by atoms with E-state index in [4.69, 9.17) is 0 Å². The minimum atomic E-state index is -0.480. The number of anilines is 1. The van der Waals surface area contributed by atoms with Crippen molar-refractivity contribution in [3.8, 4) is 0 Å². The van der Waals surface area contributed by atoms with Gasteiger partial charge in [0.05, 0.1) is 18.2 Å². The Bertz CT molecular complexity index is 896. The van der Waals surface area contributed by atoms with Gasteiger partial charge in [-0.2, -0.15) is 0 Å². The molecule has 1 aliphatic heterocycles. The molecule has 2 aromatic carbocycles. The molecule has 0 radical (unpaired) electrons. The summed E-state index contributed by atoms with van der Waals surface area (Å²) >= 11 is 1.46. The highest BCUT2D eigenvalue weighted by Gasteiger charge is 2.39. The number of fused-ring (bicyclic) bond motifs is 1. The zero-order valence-electron chi connectivity index (χ0n) is 16.4. The molecule has 1 fully saturated rings. The van der Waals surface area contributed by atoms with Gasteiger partial charge in [-0.1, -0.05) is 44.0 Å². The number of halogens is 1. The van der Waals surface area contributed by atoms with Crippen molar-refractivity contribution in [3.63, 3.8) is 0 Å². The lowest BCUT2D eigenvalue weighted by Gasteiger charge is -2.36. The minimum absolute atomic E-state index is 0.0520. The molecule has 0 bridgehead atoms. The SMILES string of the molecule is C[C@@H](C(=O)NC1CCCC1)[C@@H]1Sc2ccccc2N(Cc2ccc(F)cc2)C1=O. The van der Waals surface area contributed by atoms with Crippen LogP contribution in [0.25, 0.3) is 0 Å². The van der Waals surface area contributed by atoms with Gasteiger partial charge in [-0.3, -0.25) is 9.59 Å². The smallest absolute Gasteiger partial charge is 0.241 e. The minimum Gasteiger partial charge on any atom is -0.353 e. The number of hydrogen-bond acceptors (Lipinski definition) is 3. The van der Waals surface area contributed by atoms with Crippen LogP contribution in [0.4, 0.5) is 10.1 Å². The Kier molecular flexibility index (Phi) is 5.90. The number of nitrogens with zero attached hydrogens (tertiary/aromatic N) is 1. The van der Waals surface area contributed by atoms with E-state index in [0.29, 0.717) is 6.54 Å². The molecule has 1 saturated carbocycles. The summed E-state index contributed by atoms with van der Waals surface area (Å²) in [5.41, 5.74) is 1.69. The molecule has 2 aliphatic rings. The third kappa shape index (κ3) is 4.32. The average Bonchev–Trinajstić information content (AvgIpc) is 3.24. The van der Waals surface area contributed by atoms with Gasteiger partial charge in [0, 0.05) is 10.9 Å². The van der Waals surface area contributed by atoms with Gasteiger partial charge in [0.15, 0.2) is 0 Å². The Morgan fingerprint density at radius 1 is 1.17 bits per heavy atom. The fraction of sp³-hybridized carbons (Fsp3) is 0.391. The normalized spacial score (nSPS) is 20.4. The van der Waals surface area contributed by atoms with E-state index in [0.717, 1.165) is 41.8 Å². The van der Waals surface area contributed by atoms with Crippen molar-refractivity contribution in [1.29, 1.82) is 0 Å². The third-order valence-corrected chi connectivity index (χ3v) is 7.21. The predicted octanol–water partition coefficient (Wildman–Crippen LogP) is 4.53. The van der Waals surface area contributed by atoms with Crippen molar-refractivity contribution in [2.45, 2.75) is 55.3 Å². The van der Waals surface area contributed by atoms with Crippen LogP contribution in [0.1, 0.15) is 38.2 Å². The number of carbonyl (C=O) groups is 2. The first kappa shape index (κ1) is 20.0. The molecule has 2 aromatic rings. The molecule has 6 heteroatoms. The summed E-state index contributed by atoms with van der Waals surface area (Å²) in [7, 11) is 0. The average molecular weight is 413 g/mol. The standard InChI is InChI=1S/C23H25FN2O2S/c1-15(22(27)25-18-6-2-3-7-18)21-23(28)26(14-16-10-12-17(24)13-11-16)19-8-4-5-9-20(19)29-21/h4-5,8-13,15,18,21H,2-3,6-7,14H2,1H3,(H,25,27)/t15-,21+/m1/s1. The summed E-state index contributed by atoms with van der Waals surface area (Å²) in [5, 5.41) is 2.65. The van der Waals surface area contributed by atoms with Gasteiger partial charge in [-0.05, 0) is 42.7 Å². The lowest BCUT2D eigenvalue weighted by atomic mass is 10.0. The van der Waals surface area contributed by atoms with Gasteiger partial charge < -0.3 is 10.2 Å². The number of rotatable bonds is 5. The molecule has 152 valence electrons. The van der Waals surface area contributed by atoms with E-state index < -0.39 is 11.2 Å². The molecule has 4 rings (SSSR count). The van der Waals surface area contributed by atoms with E-state index in [1.54, 1.807) is 17.0 Å². The third-order valence-electron chi connectivity index (χ3n) is 5.74. The number of thioether (sulfide) groups is 1. The summed E-state index contributed by atoms with van der Waals surface area (Å²) < 4.78 is 13.3. The van der Waals surface area contributed by atoms with Crippen LogP contribution in [0.15, 0.2) is 53.4 Å². The molecule has 0 saturated heterocycles. The molecular formula is C23H25FN2O2S. The van der Waals surface area contributed by atoms with Crippen LogP contribution < -0.4 is 10.2 Å². The zero-order chi connectivity index (χ0) is 20.4. The van der Waals surface area contributed by atoms with E-state index >= 15 is 0 Å². The van der Waals surface area contributed by atoms with Crippen molar-refractivity contribution < 1.29 is 14.0 Å². The van der Waals surface area contributed by atoms with Crippen LogP contribution in [-0.2, 0) is 16.1 Å². The summed E-state index contributed by atoms with van der Waals surface area (Å²) in [5.74, 6) is -0.863. The number of nitrogens with one attached hydrogen (secondary N) is 1. The fourth-order valence-corrected chi connectivity index (χ4v) is 5.32. The topological polar surface area (TPSA) is 49.4 Å². The molecule has 1 N–H and O–H groups in total. The predicted molar refractivity (Wildman–Crippen MR) is 113 cm³/mol. The van der Waals surface area contributed by atoms with Gasteiger partial charge in [0.25, 0.3) is 0 Å². The molecule has 0 unspecified atom stereocenters. The second-order valence-corrected chi connectivity index (χ2v) is 9.02. The van der Waals surface area contributed by atoms with Crippen LogP contribution >= 0.6 is 11.8 Å². The van der Waals surface area contributed by atoms with Crippen LogP contribution in [-0.4, -0.2) is 23.1 Å². The Morgan fingerprint density at radius 3 is 2.59 bits per heavy atom. The summed E-state index contributed by atoms with van der Waals surface area (Å²) in [6, 6.07) is 14.2. The molecule has 4 nitrogen and oxygen atoms in total. The van der Waals surface area contributed by atoms with Gasteiger partial charge in [0.2, 0.25) is 11.8 Å². The van der Waals surface area contributed by atoms with E-state index in [1.807, 2.05) is 31.2 Å². The van der Waals surface area contributed by atoms with Crippen LogP contribution in [0.3, 0.4) is 0 Å². The summed E-state index contributed by atoms with van der Waals surface area (Å²) in [6.07, 6.45) is 4.33. The Balaban J connectivity index is 1.57. The molecule has 1 aliphatic carbocycles. The lowest BCUT2D eigenvalue weighted by Crippen LogP contribution is -2.48. The molecule has 2 amide bonds. The van der Waals surface area contributed by atoms with Crippen molar-refractivity contribution in [3.05, 3.63) is 59.9 Å². The second kappa shape index (κ2) is 8.57. The van der Waals surface area contributed by atoms with Crippen LogP contribution in [0.2, 0.25) is 0 Å². The first-order valence-corrected chi connectivity index (χ1v) is 11.0. The number of amides is 2. The van der Waals surface area contributed by atoms with Gasteiger partial charge >= 0.3 is 0 Å². The highest BCUT2D eigenvalue weighted by Crippen LogP contribution is 2.42. The molecule has 2 atom stereocenters. The van der Waals surface area contributed by atoms with Crippen LogP contribution in [0.5, 0.6) is 0 Å². The Labute approximate surface area is 174 Å². The first-order valence-electron chi connectivity index (χ1n) is 10.1. The first-order chi connectivity index (χ1) is 14.0. The van der Waals surface area contributed by atoms with Crippen molar-refractivity contribution in [2.24, 2.45) is 5.92 Å². The molecule has 29 heavy (non-hydrogen) atoms. The molecule has 0 spiro atoms. The number of para-hydroxylation sites is 1. The van der Waals surface area contributed by atoms with E-state index in [1.165, 1.54) is 23.9 Å². The number of hydrogen-bond donors (Lipinski definition) is 1. The van der Waals surface area contributed by atoms with Crippen molar-refractivity contribution in [1.82, 2.24) is 5.32 Å². The van der Waals surface area contributed by atoms with Gasteiger partial charge in [0.1, 0.15) is 11.1 Å². The van der Waals surface area contributed by atoms with Crippen molar-refractivity contribution >= 4 is 29.3 Å². The zero-order valence-corrected chi connectivity index (χ0v) is 17.3. The monoisotopic (exact) mass is 412 g/mol. The molecule has 0 aromatic heterocycles. The number of benzene rings is 2. The van der Waals surface area contributed by atoms with E-state index in [-0.39, 0.29) is 23.7 Å². The highest BCUT2D eigenvalue weighted by atomic mass is 32.2. The summed E-state index contributed by atoms with van der Waals surface area (Å²) in [4.78, 5) is 28.9. The second-order valence-electron chi connectivity index (χ2n) is 7.84. The largest absolute Gasteiger partial charge is 0.353 e. The highest BCUT2D eigenvalue weighted by molar-refractivity contribution is 8.01. The van der Waals surface area contributed by atoms with Crippen molar-refractivity contribution in [2.75, 3.05) is 4.90 Å². The maximum atomic E-state index is 13.4. The van der Waals surface area contributed by atoms with Crippen LogP contribution in [0, 0.1) is 11.7 Å². The maximum absolute atomic E-state index is 13.4. The van der Waals surface area contributed by atoms with Gasteiger partial charge in [-0.25, -0.2) is 4.39 Å². The maximum Gasteiger partial charge on any atom is 0.241 e. The number of carbonyl (C=O) groups excluding carboxylic acids is 2. The fourth-order valence-electron chi connectivity index (χ4n) is 4.03.